The molecule has 0 aliphatic rings. The van der Waals surface area contributed by atoms with E-state index in [1.54, 1.807) is 11.3 Å². The minimum Gasteiger partial charge on any atom is -0.352 e. The fourth-order valence-corrected chi connectivity index (χ4v) is 4.82. The maximum absolute atomic E-state index is 4.92. The van der Waals surface area contributed by atoms with E-state index in [9.17, 15) is 0 Å². The van der Waals surface area contributed by atoms with Crippen LogP contribution in [-0.4, -0.2) is 34.7 Å². The molecule has 0 saturated carbocycles. The Hall–Kier alpha value is -3.78. The molecule has 2 N–H and O–H groups in total. The van der Waals surface area contributed by atoms with Crippen LogP contribution in [0, 0.1) is 13.8 Å². The van der Waals surface area contributed by atoms with Crippen molar-refractivity contribution in [3.05, 3.63) is 59.6 Å². The van der Waals surface area contributed by atoms with Crippen LogP contribution in [0.1, 0.15) is 10.7 Å². The number of aryl methyl sites for hydroxylation is 2. The zero-order valence-corrected chi connectivity index (χ0v) is 18.1. The molecule has 0 unspecified atom stereocenters. The maximum atomic E-state index is 4.92. The highest BCUT2D eigenvalue weighted by atomic mass is 32.1. The average Bonchev–Trinajstić information content (AvgIpc) is 3.54. The fourth-order valence-electron chi connectivity index (χ4n) is 3.92. The molecule has 6 aromatic rings. The summed E-state index contributed by atoms with van der Waals surface area (Å²) in [5.74, 6) is 0.948. The molecule has 0 aliphatic heterocycles. The Morgan fingerprint density at radius 1 is 1.00 bits per heavy atom. The number of thiophene rings is 1. The van der Waals surface area contributed by atoms with E-state index in [4.69, 9.17) is 4.98 Å². The minimum atomic E-state index is 0.792. The third kappa shape index (κ3) is 2.79. The Morgan fingerprint density at radius 2 is 1.90 bits per heavy atom. The number of rotatable bonds is 3. The summed E-state index contributed by atoms with van der Waals surface area (Å²) < 4.78 is 2.04. The first-order chi connectivity index (χ1) is 15.1. The van der Waals surface area contributed by atoms with E-state index in [1.807, 2.05) is 49.3 Å². The van der Waals surface area contributed by atoms with Gasteiger partial charge in [-0.2, -0.15) is 5.10 Å². The summed E-state index contributed by atoms with van der Waals surface area (Å²) in [4.78, 5) is 19.7. The molecule has 0 amide bonds. The Labute approximate surface area is 181 Å². The molecule has 0 radical (unpaired) electrons. The molecule has 0 atom stereocenters. The lowest BCUT2D eigenvalue weighted by Gasteiger charge is -2.03. The number of hydrogen-bond acceptors (Lipinski definition) is 5. The van der Waals surface area contributed by atoms with Gasteiger partial charge in [0.05, 0.1) is 40.5 Å². The zero-order chi connectivity index (χ0) is 21.1. The van der Waals surface area contributed by atoms with Crippen molar-refractivity contribution in [3.8, 4) is 33.2 Å². The van der Waals surface area contributed by atoms with Gasteiger partial charge in [0.25, 0.3) is 0 Å². The van der Waals surface area contributed by atoms with Gasteiger partial charge >= 0.3 is 0 Å². The molecule has 0 bridgehead atoms. The molecule has 0 spiro atoms. The Balaban J connectivity index is 1.52. The van der Waals surface area contributed by atoms with Gasteiger partial charge in [0.2, 0.25) is 0 Å². The van der Waals surface area contributed by atoms with Crippen LogP contribution in [0.3, 0.4) is 0 Å². The fraction of sp³-hybridized carbons (Fsp3) is 0.130. The molecule has 0 saturated heterocycles. The first-order valence-electron chi connectivity index (χ1n) is 9.96. The van der Waals surface area contributed by atoms with E-state index in [2.05, 4.69) is 50.3 Å². The summed E-state index contributed by atoms with van der Waals surface area (Å²) in [6.07, 6.45) is 5.64. The number of nitrogens with one attached hydrogen (secondary N) is 2. The zero-order valence-electron chi connectivity index (χ0n) is 17.3. The van der Waals surface area contributed by atoms with Crippen molar-refractivity contribution in [2.24, 2.45) is 7.05 Å². The molecule has 152 valence electrons. The van der Waals surface area contributed by atoms with E-state index >= 15 is 0 Å². The summed E-state index contributed by atoms with van der Waals surface area (Å²) in [6, 6.07) is 10.4. The van der Waals surface area contributed by atoms with Crippen LogP contribution in [-0.2, 0) is 7.05 Å². The molecule has 6 aromatic heterocycles. The van der Waals surface area contributed by atoms with Crippen LogP contribution in [0.4, 0.5) is 0 Å². The van der Waals surface area contributed by atoms with E-state index in [0.29, 0.717) is 0 Å². The summed E-state index contributed by atoms with van der Waals surface area (Å²) in [6.45, 7) is 4.10. The quantitative estimate of drug-likeness (QED) is 0.405. The van der Waals surface area contributed by atoms with Gasteiger partial charge in [-0.1, -0.05) is 0 Å². The van der Waals surface area contributed by atoms with Gasteiger partial charge in [0.15, 0.2) is 0 Å². The predicted molar refractivity (Wildman–Crippen MR) is 124 cm³/mol. The predicted octanol–water partition coefficient (Wildman–Crippen LogP) is 5.25. The SMILES string of the molecule is Cc1ccc(-c2cncc3[nH]c(-c4n[nH]c5ccc(-c6cnc(C)n6C)nc45)cc23)s1. The standard InChI is InChI=1S/C23H19N7S/c1-12-4-7-21(31-12)15-9-24-10-19-14(15)8-18(26-19)23-22-17(28-29-23)6-5-16(27-22)20-11-25-13(2)30(20)3/h4-11,26H,1-3H3,(H,28,29). The minimum absolute atomic E-state index is 0.792. The largest absolute Gasteiger partial charge is 0.352 e. The molecule has 7 nitrogen and oxygen atoms in total. The Morgan fingerprint density at radius 3 is 2.68 bits per heavy atom. The molecule has 31 heavy (non-hydrogen) atoms. The van der Waals surface area contributed by atoms with Crippen LogP contribution in [0.2, 0.25) is 0 Å². The summed E-state index contributed by atoms with van der Waals surface area (Å²) in [7, 11) is 2.00. The lowest BCUT2D eigenvalue weighted by molar-refractivity contribution is 0.862. The number of pyridine rings is 2. The smallest absolute Gasteiger partial charge is 0.135 e. The van der Waals surface area contributed by atoms with E-state index < -0.39 is 0 Å². The van der Waals surface area contributed by atoms with Gasteiger partial charge in [-0.05, 0) is 44.2 Å². The second-order valence-corrected chi connectivity index (χ2v) is 8.94. The number of imidazole rings is 1. The third-order valence-corrected chi connectivity index (χ3v) is 6.73. The number of aromatic nitrogens is 7. The summed E-state index contributed by atoms with van der Waals surface area (Å²) in [5, 5.41) is 8.81. The maximum Gasteiger partial charge on any atom is 0.135 e. The van der Waals surface area contributed by atoms with Crippen molar-refractivity contribution < 1.29 is 0 Å². The molecule has 8 heteroatoms. The Bertz CT molecular complexity index is 1580. The monoisotopic (exact) mass is 425 g/mol. The van der Waals surface area contributed by atoms with E-state index in [0.717, 1.165) is 56.1 Å². The first-order valence-corrected chi connectivity index (χ1v) is 10.8. The second-order valence-electron chi connectivity index (χ2n) is 7.66. The normalized spacial score (nSPS) is 11.7. The van der Waals surface area contributed by atoms with Gasteiger partial charge < -0.3 is 9.55 Å². The number of nitrogens with zero attached hydrogens (tertiary/aromatic N) is 5. The van der Waals surface area contributed by atoms with Gasteiger partial charge in [-0.25, -0.2) is 9.97 Å². The van der Waals surface area contributed by atoms with Crippen molar-refractivity contribution in [1.82, 2.24) is 34.7 Å². The van der Waals surface area contributed by atoms with Crippen molar-refractivity contribution in [2.45, 2.75) is 13.8 Å². The van der Waals surface area contributed by atoms with Crippen molar-refractivity contribution >= 4 is 33.3 Å². The van der Waals surface area contributed by atoms with Gasteiger partial charge in [0, 0.05) is 33.9 Å². The van der Waals surface area contributed by atoms with Crippen LogP contribution >= 0.6 is 11.3 Å². The topological polar surface area (TPSA) is 88.1 Å². The van der Waals surface area contributed by atoms with Crippen molar-refractivity contribution in [1.29, 1.82) is 0 Å². The molecular formula is C23H19N7S. The second kappa shape index (κ2) is 6.61. The van der Waals surface area contributed by atoms with Crippen LogP contribution in [0.5, 0.6) is 0 Å². The van der Waals surface area contributed by atoms with Crippen LogP contribution < -0.4 is 0 Å². The molecule has 0 aliphatic carbocycles. The van der Waals surface area contributed by atoms with Gasteiger partial charge in [0.1, 0.15) is 17.0 Å². The number of hydrogen-bond donors (Lipinski definition) is 2. The third-order valence-electron chi connectivity index (χ3n) is 5.70. The van der Waals surface area contributed by atoms with Gasteiger partial charge in [-0.15, -0.1) is 11.3 Å². The van der Waals surface area contributed by atoms with Gasteiger partial charge in [-0.3, -0.25) is 10.1 Å². The average molecular weight is 426 g/mol. The van der Waals surface area contributed by atoms with E-state index in [1.165, 1.54) is 9.75 Å². The summed E-state index contributed by atoms with van der Waals surface area (Å²) in [5.41, 5.74) is 7.36. The Kier molecular flexibility index (Phi) is 3.85. The highest BCUT2D eigenvalue weighted by Gasteiger charge is 2.17. The number of H-pyrrole nitrogens is 2. The molecule has 6 rings (SSSR count). The number of fused-ring (bicyclic) bond motifs is 2. The number of aromatic amines is 2. The first kappa shape index (κ1) is 18.0. The summed E-state index contributed by atoms with van der Waals surface area (Å²) >= 11 is 1.77. The molecule has 6 heterocycles. The van der Waals surface area contributed by atoms with E-state index in [-0.39, 0.29) is 0 Å². The lowest BCUT2D eigenvalue weighted by atomic mass is 10.1. The van der Waals surface area contributed by atoms with Crippen molar-refractivity contribution in [2.75, 3.05) is 0 Å². The highest BCUT2D eigenvalue weighted by molar-refractivity contribution is 7.15. The van der Waals surface area contributed by atoms with Crippen LogP contribution in [0.15, 0.2) is 48.9 Å². The molecule has 0 fully saturated rings. The van der Waals surface area contributed by atoms with Crippen molar-refractivity contribution in [3.63, 3.8) is 0 Å². The molecular weight excluding hydrogens is 406 g/mol. The molecule has 0 aromatic carbocycles. The highest BCUT2D eigenvalue weighted by Crippen LogP contribution is 2.36. The lowest BCUT2D eigenvalue weighted by Crippen LogP contribution is -1.96. The van der Waals surface area contributed by atoms with Crippen LogP contribution in [0.25, 0.3) is 55.2 Å².